The fourth-order valence-electron chi connectivity index (χ4n) is 2.78. The van der Waals surface area contributed by atoms with Crippen molar-refractivity contribution in [2.45, 2.75) is 13.0 Å². The zero-order valence-corrected chi connectivity index (χ0v) is 12.2. The van der Waals surface area contributed by atoms with Crippen LogP contribution in [0.2, 0.25) is 0 Å². The van der Waals surface area contributed by atoms with Crippen molar-refractivity contribution in [1.82, 2.24) is 14.7 Å². The molecule has 0 bridgehead atoms. The fourth-order valence-corrected chi connectivity index (χ4v) is 2.78. The first-order chi connectivity index (χ1) is 11.0. The second-order valence-corrected chi connectivity index (χ2v) is 5.52. The number of benzene rings is 1. The van der Waals surface area contributed by atoms with Crippen molar-refractivity contribution < 1.29 is 14.7 Å². The lowest BCUT2D eigenvalue weighted by molar-refractivity contribution is -0.141. The van der Waals surface area contributed by atoms with E-state index in [9.17, 15) is 19.2 Å². The minimum Gasteiger partial charge on any atom is -0.481 e. The SMILES string of the molecule is O=C(O)[C@@H]1CC(=O)N(CCn2[nH]c(=O)c3ccccc3c2=O)C1. The van der Waals surface area contributed by atoms with E-state index in [2.05, 4.69) is 5.10 Å². The molecular formula is C15H15N3O5. The number of fused-ring (bicyclic) bond motifs is 1. The molecule has 3 rings (SSSR count). The molecule has 8 nitrogen and oxygen atoms in total. The van der Waals surface area contributed by atoms with Crippen LogP contribution in [0.4, 0.5) is 0 Å². The maximum Gasteiger partial charge on any atom is 0.308 e. The smallest absolute Gasteiger partial charge is 0.308 e. The fraction of sp³-hybridized carbons (Fsp3) is 0.333. The first-order valence-electron chi connectivity index (χ1n) is 7.20. The van der Waals surface area contributed by atoms with Crippen LogP contribution in [0.1, 0.15) is 6.42 Å². The summed E-state index contributed by atoms with van der Waals surface area (Å²) in [6.07, 6.45) is -0.0293. The molecule has 0 aliphatic carbocycles. The zero-order chi connectivity index (χ0) is 16.6. The van der Waals surface area contributed by atoms with Gasteiger partial charge in [0.15, 0.2) is 0 Å². The molecule has 1 aliphatic heterocycles. The minimum atomic E-state index is -1.00. The lowest BCUT2D eigenvalue weighted by Crippen LogP contribution is -2.36. The minimum absolute atomic E-state index is 0.0293. The van der Waals surface area contributed by atoms with Crippen LogP contribution in [0, 0.1) is 5.92 Å². The average molecular weight is 317 g/mol. The van der Waals surface area contributed by atoms with E-state index >= 15 is 0 Å². The molecule has 2 aromatic rings. The summed E-state index contributed by atoms with van der Waals surface area (Å²) in [5.41, 5.74) is -0.724. The molecule has 1 aliphatic rings. The standard InChI is InChI=1S/C15H15N3O5/c19-12-7-9(15(22)23)8-17(12)5-6-18-14(21)11-4-2-1-3-10(11)13(20)16-18/h1-4,9H,5-8H2,(H,16,20)(H,22,23)/t9-/m1/s1. The van der Waals surface area contributed by atoms with Gasteiger partial charge in [0.2, 0.25) is 5.91 Å². The highest BCUT2D eigenvalue weighted by molar-refractivity contribution is 5.86. The van der Waals surface area contributed by atoms with Gasteiger partial charge in [0.05, 0.1) is 23.2 Å². The summed E-state index contributed by atoms with van der Waals surface area (Å²) in [4.78, 5) is 48.4. The predicted octanol–water partition coefficient (Wildman–Crippen LogP) is -0.377. The number of carbonyl (C=O) groups is 2. The molecule has 2 N–H and O–H groups in total. The highest BCUT2D eigenvalue weighted by Crippen LogP contribution is 2.17. The molecule has 8 heteroatoms. The van der Waals surface area contributed by atoms with Gasteiger partial charge in [-0.05, 0) is 12.1 Å². The summed E-state index contributed by atoms with van der Waals surface area (Å²) in [7, 11) is 0. The van der Waals surface area contributed by atoms with E-state index in [1.54, 1.807) is 24.3 Å². The number of nitrogens with one attached hydrogen (secondary N) is 1. The number of aromatic amines is 1. The molecule has 0 spiro atoms. The van der Waals surface area contributed by atoms with E-state index in [0.29, 0.717) is 10.8 Å². The number of carboxylic acids is 1. The Kier molecular flexibility index (Phi) is 3.73. The number of hydrogen-bond donors (Lipinski definition) is 2. The number of amides is 1. The third-order valence-electron chi connectivity index (χ3n) is 4.04. The molecule has 1 aromatic heterocycles. The van der Waals surface area contributed by atoms with Crippen molar-refractivity contribution in [3.05, 3.63) is 45.0 Å². The largest absolute Gasteiger partial charge is 0.481 e. The number of H-pyrrole nitrogens is 1. The van der Waals surface area contributed by atoms with Crippen LogP contribution < -0.4 is 11.1 Å². The molecule has 120 valence electrons. The summed E-state index contributed by atoms with van der Waals surface area (Å²) in [6.45, 7) is 0.411. The van der Waals surface area contributed by atoms with E-state index in [1.165, 1.54) is 4.90 Å². The van der Waals surface area contributed by atoms with Gasteiger partial charge in [-0.1, -0.05) is 12.1 Å². The molecule has 23 heavy (non-hydrogen) atoms. The topological polar surface area (TPSA) is 112 Å². The second kappa shape index (κ2) is 5.71. The highest BCUT2D eigenvalue weighted by atomic mass is 16.4. The highest BCUT2D eigenvalue weighted by Gasteiger charge is 2.33. The molecule has 2 heterocycles. The molecule has 1 amide bonds. The van der Waals surface area contributed by atoms with E-state index in [0.717, 1.165) is 4.68 Å². The van der Waals surface area contributed by atoms with Gasteiger partial charge in [-0.15, -0.1) is 0 Å². The molecule has 0 unspecified atom stereocenters. The average Bonchev–Trinajstić information content (AvgIpc) is 2.91. The Morgan fingerprint density at radius 3 is 2.52 bits per heavy atom. The van der Waals surface area contributed by atoms with Gasteiger partial charge >= 0.3 is 5.97 Å². The van der Waals surface area contributed by atoms with Crippen LogP contribution in [0.15, 0.2) is 33.9 Å². The molecular weight excluding hydrogens is 302 g/mol. The van der Waals surface area contributed by atoms with Crippen molar-refractivity contribution in [1.29, 1.82) is 0 Å². The quantitative estimate of drug-likeness (QED) is 0.798. The molecule has 1 atom stereocenters. The molecule has 1 saturated heterocycles. The number of aromatic nitrogens is 2. The van der Waals surface area contributed by atoms with Gasteiger partial charge in [0.1, 0.15) is 0 Å². The Labute approximate surface area is 129 Å². The van der Waals surface area contributed by atoms with E-state index in [4.69, 9.17) is 5.11 Å². The number of carbonyl (C=O) groups excluding carboxylic acids is 1. The Bertz CT molecular complexity index is 898. The predicted molar refractivity (Wildman–Crippen MR) is 81.2 cm³/mol. The third kappa shape index (κ3) is 2.75. The number of nitrogens with zero attached hydrogens (tertiary/aromatic N) is 2. The summed E-state index contributed by atoms with van der Waals surface area (Å²) < 4.78 is 1.16. The maximum absolute atomic E-state index is 12.3. The summed E-state index contributed by atoms with van der Waals surface area (Å²) >= 11 is 0. The van der Waals surface area contributed by atoms with Gasteiger partial charge in [-0.3, -0.25) is 24.3 Å². The Hall–Kier alpha value is -2.90. The Morgan fingerprint density at radius 2 is 1.87 bits per heavy atom. The number of likely N-dealkylation sites (tertiary alicyclic amines) is 1. The van der Waals surface area contributed by atoms with Crippen LogP contribution in [0.25, 0.3) is 10.8 Å². The molecule has 0 radical (unpaired) electrons. The zero-order valence-electron chi connectivity index (χ0n) is 12.2. The lowest BCUT2D eigenvalue weighted by atomic mass is 10.1. The Morgan fingerprint density at radius 1 is 1.17 bits per heavy atom. The molecule has 1 aromatic carbocycles. The van der Waals surface area contributed by atoms with Crippen molar-refractivity contribution in [3.63, 3.8) is 0 Å². The van der Waals surface area contributed by atoms with Gasteiger partial charge in [0.25, 0.3) is 11.1 Å². The van der Waals surface area contributed by atoms with Crippen LogP contribution in [-0.4, -0.2) is 44.8 Å². The van der Waals surface area contributed by atoms with Gasteiger partial charge in [-0.25, -0.2) is 4.68 Å². The first kappa shape index (κ1) is 15.0. The van der Waals surface area contributed by atoms with Gasteiger partial charge < -0.3 is 10.0 Å². The first-order valence-corrected chi connectivity index (χ1v) is 7.20. The van der Waals surface area contributed by atoms with Crippen LogP contribution >= 0.6 is 0 Å². The van der Waals surface area contributed by atoms with Gasteiger partial charge in [0, 0.05) is 19.5 Å². The summed E-state index contributed by atoms with van der Waals surface area (Å²) in [5.74, 6) is -1.97. The van der Waals surface area contributed by atoms with Crippen molar-refractivity contribution >= 4 is 22.6 Å². The number of rotatable bonds is 4. The normalized spacial score (nSPS) is 17.8. The second-order valence-electron chi connectivity index (χ2n) is 5.52. The molecule has 1 fully saturated rings. The summed E-state index contributed by atoms with van der Waals surface area (Å²) in [6, 6.07) is 6.50. The van der Waals surface area contributed by atoms with Crippen molar-refractivity contribution in [3.8, 4) is 0 Å². The van der Waals surface area contributed by atoms with Crippen molar-refractivity contribution in [2.24, 2.45) is 5.92 Å². The van der Waals surface area contributed by atoms with Crippen molar-refractivity contribution in [2.75, 3.05) is 13.1 Å². The Balaban J connectivity index is 1.82. The molecule has 0 saturated carbocycles. The van der Waals surface area contributed by atoms with E-state index in [1.807, 2.05) is 0 Å². The monoisotopic (exact) mass is 317 g/mol. The number of hydrogen-bond acceptors (Lipinski definition) is 4. The van der Waals surface area contributed by atoms with E-state index < -0.39 is 11.9 Å². The van der Waals surface area contributed by atoms with Gasteiger partial charge in [-0.2, -0.15) is 0 Å². The number of carboxylic acid groups (broad SMARTS) is 1. The third-order valence-corrected chi connectivity index (χ3v) is 4.04. The number of aliphatic carboxylic acids is 1. The van der Waals surface area contributed by atoms with Crippen LogP contribution in [-0.2, 0) is 16.1 Å². The van der Waals surface area contributed by atoms with E-state index in [-0.39, 0.29) is 43.1 Å². The van der Waals surface area contributed by atoms with Crippen LogP contribution in [0.3, 0.4) is 0 Å². The maximum atomic E-state index is 12.3. The van der Waals surface area contributed by atoms with Crippen LogP contribution in [0.5, 0.6) is 0 Å². The summed E-state index contributed by atoms with van der Waals surface area (Å²) in [5, 5.41) is 12.1. The lowest BCUT2D eigenvalue weighted by Gasteiger charge is -2.16.